The molecular formula is C10H14O2. The van der Waals surface area contributed by atoms with E-state index in [1.54, 1.807) is 0 Å². The van der Waals surface area contributed by atoms with E-state index in [4.69, 9.17) is 4.74 Å². The summed E-state index contributed by atoms with van der Waals surface area (Å²) in [6, 6.07) is 0. The lowest BCUT2D eigenvalue weighted by Crippen LogP contribution is -2.35. The second-order valence-corrected chi connectivity index (χ2v) is 3.80. The van der Waals surface area contributed by atoms with Crippen LogP contribution in [0.3, 0.4) is 0 Å². The van der Waals surface area contributed by atoms with Crippen LogP contribution >= 0.6 is 0 Å². The van der Waals surface area contributed by atoms with Gasteiger partial charge in [-0.2, -0.15) is 0 Å². The molecule has 0 aromatic heterocycles. The Kier molecular flexibility index (Phi) is 1.91. The Hall–Kier alpha value is -0.790. The largest absolute Gasteiger partial charge is 0.459 e. The second kappa shape index (κ2) is 2.92. The molecule has 1 aliphatic heterocycles. The van der Waals surface area contributed by atoms with Crippen molar-refractivity contribution in [1.29, 1.82) is 0 Å². The molecule has 1 saturated carbocycles. The van der Waals surface area contributed by atoms with Gasteiger partial charge in [-0.15, -0.1) is 0 Å². The number of hydrogen-bond acceptors (Lipinski definition) is 2. The van der Waals surface area contributed by atoms with Crippen molar-refractivity contribution in [3.63, 3.8) is 0 Å². The highest BCUT2D eigenvalue weighted by atomic mass is 16.5. The van der Waals surface area contributed by atoms with Crippen molar-refractivity contribution >= 4 is 5.97 Å². The van der Waals surface area contributed by atoms with Crippen LogP contribution in [0.15, 0.2) is 12.2 Å². The Labute approximate surface area is 72.6 Å². The maximum Gasteiger partial charge on any atom is 0.333 e. The lowest BCUT2D eigenvalue weighted by Gasteiger charge is -2.35. The van der Waals surface area contributed by atoms with Gasteiger partial charge in [-0.1, -0.05) is 13.0 Å². The number of hydrogen-bond donors (Lipinski definition) is 0. The number of ether oxygens (including phenoxy) is 1. The molecule has 2 fully saturated rings. The van der Waals surface area contributed by atoms with Crippen LogP contribution in [0.1, 0.15) is 32.1 Å². The number of fused-ring (bicyclic) bond motifs is 1. The van der Waals surface area contributed by atoms with Crippen LogP contribution in [0.25, 0.3) is 0 Å². The van der Waals surface area contributed by atoms with Gasteiger partial charge in [-0.3, -0.25) is 0 Å². The zero-order chi connectivity index (χ0) is 8.55. The van der Waals surface area contributed by atoms with Gasteiger partial charge in [0.15, 0.2) is 0 Å². The van der Waals surface area contributed by atoms with E-state index < -0.39 is 0 Å². The zero-order valence-electron chi connectivity index (χ0n) is 7.21. The molecule has 12 heavy (non-hydrogen) atoms. The monoisotopic (exact) mass is 166 g/mol. The van der Waals surface area contributed by atoms with Crippen molar-refractivity contribution in [3.05, 3.63) is 12.2 Å². The Morgan fingerprint density at radius 2 is 2.08 bits per heavy atom. The lowest BCUT2D eigenvalue weighted by molar-refractivity contribution is -0.153. The van der Waals surface area contributed by atoms with Crippen LogP contribution in [0.5, 0.6) is 0 Å². The number of carbonyl (C=O) groups excluding carboxylic acids is 1. The first-order valence-electron chi connectivity index (χ1n) is 4.66. The van der Waals surface area contributed by atoms with E-state index in [1.165, 1.54) is 19.3 Å². The highest BCUT2D eigenvalue weighted by Crippen LogP contribution is 2.35. The van der Waals surface area contributed by atoms with E-state index in [2.05, 4.69) is 6.58 Å². The summed E-state index contributed by atoms with van der Waals surface area (Å²) in [4.78, 5) is 11.1. The quantitative estimate of drug-likeness (QED) is 0.406. The molecule has 0 aromatic carbocycles. The normalized spacial score (nSPS) is 35.7. The number of esters is 1. The summed E-state index contributed by atoms with van der Waals surface area (Å²) >= 11 is 0. The van der Waals surface area contributed by atoms with Crippen molar-refractivity contribution in [2.75, 3.05) is 0 Å². The third-order valence-electron chi connectivity index (χ3n) is 2.90. The van der Waals surface area contributed by atoms with Gasteiger partial charge in [0.1, 0.15) is 6.10 Å². The molecule has 0 bridgehead atoms. The van der Waals surface area contributed by atoms with Gasteiger partial charge in [-0.05, 0) is 25.7 Å². The maximum absolute atomic E-state index is 11.1. The molecule has 2 atom stereocenters. The maximum atomic E-state index is 11.1. The fourth-order valence-corrected chi connectivity index (χ4v) is 2.18. The highest BCUT2D eigenvalue weighted by Gasteiger charge is 2.34. The average Bonchev–Trinajstić information content (AvgIpc) is 2.07. The summed E-state index contributed by atoms with van der Waals surface area (Å²) in [5.74, 6) is 0.405. The van der Waals surface area contributed by atoms with Gasteiger partial charge in [0, 0.05) is 11.5 Å². The van der Waals surface area contributed by atoms with E-state index in [0.29, 0.717) is 11.5 Å². The minimum atomic E-state index is -0.168. The first kappa shape index (κ1) is 7.84. The molecule has 1 saturated heterocycles. The van der Waals surface area contributed by atoms with Crippen molar-refractivity contribution in [2.45, 2.75) is 38.2 Å². The first-order valence-corrected chi connectivity index (χ1v) is 4.66. The van der Waals surface area contributed by atoms with Gasteiger partial charge in [-0.25, -0.2) is 4.79 Å². The summed E-state index contributed by atoms with van der Waals surface area (Å²) in [5, 5.41) is 0. The fourth-order valence-electron chi connectivity index (χ4n) is 2.18. The van der Waals surface area contributed by atoms with Gasteiger partial charge in [0.05, 0.1) is 0 Å². The van der Waals surface area contributed by atoms with Crippen molar-refractivity contribution in [1.82, 2.24) is 0 Å². The van der Waals surface area contributed by atoms with Crippen LogP contribution in [-0.4, -0.2) is 12.1 Å². The molecule has 0 amide bonds. The average molecular weight is 166 g/mol. The predicted octanol–water partition coefficient (Wildman–Crippen LogP) is 2.05. The molecule has 2 nitrogen and oxygen atoms in total. The minimum absolute atomic E-state index is 0.168. The third-order valence-corrected chi connectivity index (χ3v) is 2.90. The predicted molar refractivity (Wildman–Crippen MR) is 45.6 cm³/mol. The van der Waals surface area contributed by atoms with E-state index in [0.717, 1.165) is 12.8 Å². The molecule has 1 heterocycles. The molecule has 0 unspecified atom stereocenters. The lowest BCUT2D eigenvalue weighted by atomic mass is 9.81. The molecule has 66 valence electrons. The number of rotatable bonds is 0. The minimum Gasteiger partial charge on any atom is -0.459 e. The van der Waals surface area contributed by atoms with Crippen molar-refractivity contribution < 1.29 is 9.53 Å². The SMILES string of the molecule is C=C1C[C@H]2CCCC[C@H]2OC1=O. The Bertz CT molecular complexity index is 196. The molecule has 2 aliphatic rings. The van der Waals surface area contributed by atoms with Crippen LogP contribution in [0.2, 0.25) is 0 Å². The molecule has 0 spiro atoms. The standard InChI is InChI=1S/C10H14O2/c1-7-6-8-4-2-3-5-9(8)12-10(7)11/h8-9H,1-6H2/t8-,9-/m1/s1. The molecular weight excluding hydrogens is 152 g/mol. The van der Waals surface area contributed by atoms with Gasteiger partial charge in [0.2, 0.25) is 0 Å². The van der Waals surface area contributed by atoms with E-state index in [-0.39, 0.29) is 12.1 Å². The molecule has 0 N–H and O–H groups in total. The summed E-state index contributed by atoms with van der Waals surface area (Å²) in [7, 11) is 0. The Morgan fingerprint density at radius 3 is 2.92 bits per heavy atom. The van der Waals surface area contributed by atoms with Crippen molar-refractivity contribution in [3.8, 4) is 0 Å². The zero-order valence-corrected chi connectivity index (χ0v) is 7.21. The molecule has 0 radical (unpaired) electrons. The topological polar surface area (TPSA) is 26.3 Å². The summed E-state index contributed by atoms with van der Waals surface area (Å²) in [6.07, 6.45) is 5.83. The Balaban J connectivity index is 2.07. The Morgan fingerprint density at radius 1 is 1.33 bits per heavy atom. The van der Waals surface area contributed by atoms with Crippen LogP contribution in [-0.2, 0) is 9.53 Å². The fraction of sp³-hybridized carbons (Fsp3) is 0.700. The summed E-state index contributed by atoms with van der Waals surface area (Å²) in [6.45, 7) is 3.71. The highest BCUT2D eigenvalue weighted by molar-refractivity contribution is 5.88. The number of carbonyl (C=O) groups is 1. The summed E-state index contributed by atoms with van der Waals surface area (Å²) in [5.41, 5.74) is 0.665. The second-order valence-electron chi connectivity index (χ2n) is 3.80. The van der Waals surface area contributed by atoms with Crippen LogP contribution in [0, 0.1) is 5.92 Å². The smallest absolute Gasteiger partial charge is 0.333 e. The molecule has 1 aliphatic carbocycles. The first-order chi connectivity index (χ1) is 5.77. The third kappa shape index (κ3) is 1.26. The van der Waals surface area contributed by atoms with Crippen LogP contribution in [0.4, 0.5) is 0 Å². The van der Waals surface area contributed by atoms with E-state index in [9.17, 15) is 4.79 Å². The van der Waals surface area contributed by atoms with Gasteiger partial charge in [0.25, 0.3) is 0 Å². The van der Waals surface area contributed by atoms with Gasteiger partial charge >= 0.3 is 5.97 Å². The van der Waals surface area contributed by atoms with E-state index in [1.807, 2.05) is 0 Å². The van der Waals surface area contributed by atoms with E-state index >= 15 is 0 Å². The van der Waals surface area contributed by atoms with Crippen LogP contribution < -0.4 is 0 Å². The van der Waals surface area contributed by atoms with Crippen molar-refractivity contribution in [2.24, 2.45) is 5.92 Å². The summed E-state index contributed by atoms with van der Waals surface area (Å²) < 4.78 is 5.26. The molecule has 0 aromatic rings. The van der Waals surface area contributed by atoms with Gasteiger partial charge < -0.3 is 4.74 Å². The molecule has 2 heteroatoms. The molecule has 2 rings (SSSR count).